The van der Waals surface area contributed by atoms with Crippen molar-refractivity contribution in [2.75, 3.05) is 6.54 Å². The Labute approximate surface area is 69.8 Å². The van der Waals surface area contributed by atoms with Crippen LogP contribution in [0.3, 0.4) is 0 Å². The van der Waals surface area contributed by atoms with Gasteiger partial charge in [0.25, 0.3) is 0 Å². The van der Waals surface area contributed by atoms with Crippen molar-refractivity contribution in [3.63, 3.8) is 0 Å². The van der Waals surface area contributed by atoms with Gasteiger partial charge < -0.3 is 31.6 Å². The Balaban J connectivity index is 4.07. The number of nitrogens with two attached hydrogens (primary N) is 2. The summed E-state index contributed by atoms with van der Waals surface area (Å²) >= 11 is 0. The summed E-state index contributed by atoms with van der Waals surface area (Å²) in [7, 11) is 0. The highest BCUT2D eigenvalue weighted by Gasteiger charge is 2.27. The lowest BCUT2D eigenvalue weighted by molar-refractivity contribution is -0.118. The minimum absolute atomic E-state index is 0.180. The molecule has 0 rings (SSSR count). The van der Waals surface area contributed by atoms with E-state index in [1.54, 1.807) is 0 Å². The van der Waals surface area contributed by atoms with Crippen molar-refractivity contribution in [2.45, 2.75) is 24.4 Å². The zero-order valence-corrected chi connectivity index (χ0v) is 6.50. The first-order valence-corrected chi connectivity index (χ1v) is 3.49. The smallest absolute Gasteiger partial charge is 0.150 e. The summed E-state index contributed by atoms with van der Waals surface area (Å²) in [4.78, 5) is 10.0. The van der Waals surface area contributed by atoms with E-state index in [-0.39, 0.29) is 12.8 Å². The first kappa shape index (κ1) is 11.5. The van der Waals surface area contributed by atoms with Gasteiger partial charge in [0.1, 0.15) is 12.4 Å². The molecule has 0 spiro atoms. The summed E-state index contributed by atoms with van der Waals surface area (Å²) in [5, 5.41) is 26.9. The molecule has 0 fully saturated rings. The molecule has 0 amide bonds. The second-order valence-corrected chi connectivity index (χ2v) is 2.50. The van der Waals surface area contributed by atoms with Gasteiger partial charge in [0.2, 0.25) is 0 Å². The predicted octanol–water partition coefficient (Wildman–Crippen LogP) is -3.45. The molecule has 0 aliphatic rings. The van der Waals surface area contributed by atoms with Crippen LogP contribution in [0, 0.1) is 0 Å². The molecule has 0 saturated carbocycles. The summed E-state index contributed by atoms with van der Waals surface area (Å²) in [5.74, 6) is 0. The van der Waals surface area contributed by atoms with Crippen molar-refractivity contribution in [1.82, 2.24) is 0 Å². The minimum Gasteiger partial charge on any atom is -0.389 e. The molecule has 0 aromatic rings. The average Bonchev–Trinajstić information content (AvgIpc) is 2.12. The van der Waals surface area contributed by atoms with E-state index in [0.29, 0.717) is 0 Å². The number of hydrogen-bond acceptors (Lipinski definition) is 6. The van der Waals surface area contributed by atoms with E-state index < -0.39 is 24.4 Å². The molecule has 0 aromatic carbocycles. The average molecular weight is 178 g/mol. The maximum absolute atomic E-state index is 10.0. The van der Waals surface area contributed by atoms with Crippen molar-refractivity contribution in [1.29, 1.82) is 0 Å². The molecule has 0 saturated heterocycles. The van der Waals surface area contributed by atoms with Crippen LogP contribution >= 0.6 is 0 Å². The highest BCUT2D eigenvalue weighted by atomic mass is 16.3. The van der Waals surface area contributed by atoms with E-state index in [0.717, 1.165) is 0 Å². The van der Waals surface area contributed by atoms with E-state index in [1.165, 1.54) is 0 Å². The normalized spacial score (nSPS) is 21.1. The summed E-state index contributed by atoms with van der Waals surface area (Å²) in [6, 6.07) is -1.21. The number of aliphatic hydroxyl groups excluding tert-OH is 3. The van der Waals surface area contributed by atoms with Crippen LogP contribution in [0.5, 0.6) is 0 Å². The summed E-state index contributed by atoms with van der Waals surface area (Å²) < 4.78 is 0. The van der Waals surface area contributed by atoms with Crippen LogP contribution in [-0.4, -0.2) is 52.5 Å². The lowest BCUT2D eigenvalue weighted by Gasteiger charge is -2.23. The van der Waals surface area contributed by atoms with Crippen molar-refractivity contribution in [2.24, 2.45) is 11.5 Å². The zero-order valence-electron chi connectivity index (χ0n) is 6.50. The van der Waals surface area contributed by atoms with Gasteiger partial charge in [0, 0.05) is 6.54 Å². The topological polar surface area (TPSA) is 130 Å². The predicted molar refractivity (Wildman–Crippen MR) is 41.1 cm³/mol. The largest absolute Gasteiger partial charge is 0.389 e. The van der Waals surface area contributed by atoms with Gasteiger partial charge in [-0.3, -0.25) is 0 Å². The third-order valence-corrected chi connectivity index (χ3v) is 1.56. The van der Waals surface area contributed by atoms with Crippen LogP contribution < -0.4 is 11.5 Å². The molecule has 4 atom stereocenters. The highest BCUT2D eigenvalue weighted by Crippen LogP contribution is 1.99. The monoisotopic (exact) mass is 178 g/mol. The first-order valence-electron chi connectivity index (χ1n) is 3.49. The Kier molecular flexibility index (Phi) is 4.95. The highest BCUT2D eigenvalue weighted by molar-refractivity contribution is 5.57. The Morgan fingerprint density at radius 2 is 1.83 bits per heavy atom. The van der Waals surface area contributed by atoms with Crippen molar-refractivity contribution in [3.05, 3.63) is 0 Å². The van der Waals surface area contributed by atoms with Crippen LogP contribution in [0.1, 0.15) is 0 Å². The van der Waals surface area contributed by atoms with Gasteiger partial charge in [0.15, 0.2) is 0 Å². The van der Waals surface area contributed by atoms with E-state index >= 15 is 0 Å². The second kappa shape index (κ2) is 5.18. The van der Waals surface area contributed by atoms with Crippen LogP contribution in [0.2, 0.25) is 0 Å². The summed E-state index contributed by atoms with van der Waals surface area (Å²) in [6.45, 7) is -0.180. The molecule has 0 aliphatic heterocycles. The standard InChI is InChI=1S/C6H14N2O4/c7-1-3(10)6(12)5(8)4(11)2-9/h2-6,10-12H,1,7-8H2/t3-,4+,5+,6-/m1/s1. The van der Waals surface area contributed by atoms with Gasteiger partial charge in [-0.1, -0.05) is 0 Å². The van der Waals surface area contributed by atoms with Crippen LogP contribution in [0.25, 0.3) is 0 Å². The third kappa shape index (κ3) is 2.84. The summed E-state index contributed by atoms with van der Waals surface area (Å²) in [5.41, 5.74) is 10.2. The molecule has 6 nitrogen and oxygen atoms in total. The molecule has 0 unspecified atom stereocenters. The molecular weight excluding hydrogens is 164 g/mol. The molecule has 0 radical (unpaired) electrons. The Bertz CT molecular complexity index is 144. The molecule has 0 aliphatic carbocycles. The number of carbonyl (C=O) groups excluding carboxylic acids is 1. The number of rotatable bonds is 5. The van der Waals surface area contributed by atoms with E-state index in [4.69, 9.17) is 26.8 Å². The van der Waals surface area contributed by atoms with Gasteiger partial charge in [0.05, 0.1) is 18.2 Å². The van der Waals surface area contributed by atoms with Crippen molar-refractivity contribution >= 4 is 6.29 Å². The number of carbonyl (C=O) groups is 1. The fourth-order valence-electron chi connectivity index (χ4n) is 0.689. The van der Waals surface area contributed by atoms with Crippen molar-refractivity contribution < 1.29 is 20.1 Å². The maximum Gasteiger partial charge on any atom is 0.150 e. The number of aliphatic hydroxyl groups is 3. The van der Waals surface area contributed by atoms with Crippen LogP contribution in [-0.2, 0) is 4.79 Å². The maximum atomic E-state index is 10.0. The van der Waals surface area contributed by atoms with Crippen LogP contribution in [0.4, 0.5) is 0 Å². The Hall–Kier alpha value is -0.530. The van der Waals surface area contributed by atoms with Crippen LogP contribution in [0.15, 0.2) is 0 Å². The molecular formula is C6H14N2O4. The minimum atomic E-state index is -1.48. The Morgan fingerprint density at radius 3 is 2.17 bits per heavy atom. The number of hydrogen-bond donors (Lipinski definition) is 5. The van der Waals surface area contributed by atoms with Gasteiger partial charge in [-0.15, -0.1) is 0 Å². The van der Waals surface area contributed by atoms with Gasteiger partial charge in [-0.2, -0.15) is 0 Å². The van der Waals surface area contributed by atoms with E-state index in [2.05, 4.69) is 0 Å². The van der Waals surface area contributed by atoms with E-state index in [1.807, 2.05) is 0 Å². The first-order chi connectivity index (χ1) is 5.54. The van der Waals surface area contributed by atoms with Gasteiger partial charge >= 0.3 is 0 Å². The fraction of sp³-hybridized carbons (Fsp3) is 0.833. The molecule has 72 valence electrons. The molecule has 7 N–H and O–H groups in total. The van der Waals surface area contributed by atoms with Gasteiger partial charge in [-0.05, 0) is 0 Å². The third-order valence-electron chi connectivity index (χ3n) is 1.56. The van der Waals surface area contributed by atoms with E-state index in [9.17, 15) is 4.79 Å². The Morgan fingerprint density at radius 1 is 1.33 bits per heavy atom. The molecule has 0 heterocycles. The fourth-order valence-corrected chi connectivity index (χ4v) is 0.689. The number of aldehydes is 1. The van der Waals surface area contributed by atoms with Gasteiger partial charge in [-0.25, -0.2) is 0 Å². The van der Waals surface area contributed by atoms with Crippen molar-refractivity contribution in [3.8, 4) is 0 Å². The quantitative estimate of drug-likeness (QED) is 0.278. The molecule has 0 aromatic heterocycles. The zero-order chi connectivity index (χ0) is 9.72. The summed E-state index contributed by atoms with van der Waals surface area (Å²) in [6.07, 6.45) is -3.91. The second-order valence-electron chi connectivity index (χ2n) is 2.50. The molecule has 6 heteroatoms. The SMILES string of the molecule is NC[C@@H](O)[C@@H](O)[C@@H](N)[C@@H](O)C=O. The molecule has 12 heavy (non-hydrogen) atoms. The lowest BCUT2D eigenvalue weighted by Crippen LogP contribution is -2.52. The molecule has 0 bridgehead atoms. The lowest BCUT2D eigenvalue weighted by atomic mass is 10.0.